The number of hydrogen-bond acceptors (Lipinski definition) is 5. The Morgan fingerprint density at radius 3 is 2.47 bits per heavy atom. The van der Waals surface area contributed by atoms with Crippen LogP contribution in [0.1, 0.15) is 12.8 Å². The first-order chi connectivity index (χ1) is 7.98. The molecule has 5 nitrogen and oxygen atoms in total. The van der Waals surface area contributed by atoms with E-state index >= 15 is 0 Å². The first-order valence-electron chi connectivity index (χ1n) is 6.22. The Morgan fingerprint density at radius 1 is 1.29 bits per heavy atom. The van der Waals surface area contributed by atoms with Gasteiger partial charge in [-0.25, -0.2) is 8.42 Å². The highest BCUT2D eigenvalue weighted by Gasteiger charge is 2.38. The number of rotatable bonds is 3. The van der Waals surface area contributed by atoms with Crippen LogP contribution in [0.4, 0.5) is 0 Å². The van der Waals surface area contributed by atoms with Crippen molar-refractivity contribution in [3.05, 3.63) is 0 Å². The highest BCUT2D eigenvalue weighted by Crippen LogP contribution is 2.20. The molecule has 6 heteroatoms. The normalized spacial score (nSPS) is 34.3. The van der Waals surface area contributed by atoms with Crippen LogP contribution in [0, 0.1) is 5.92 Å². The summed E-state index contributed by atoms with van der Waals surface area (Å²) in [5.41, 5.74) is 5.92. The first-order valence-corrected chi connectivity index (χ1v) is 8.04. The summed E-state index contributed by atoms with van der Waals surface area (Å²) in [5, 5.41) is 0. The summed E-state index contributed by atoms with van der Waals surface area (Å²) in [5.74, 6) is 0.966. The van der Waals surface area contributed by atoms with Gasteiger partial charge < -0.3 is 15.4 Å². The van der Waals surface area contributed by atoms with E-state index in [1.807, 2.05) is 7.05 Å². The molecule has 2 atom stereocenters. The van der Waals surface area contributed by atoms with Gasteiger partial charge in [0.2, 0.25) is 0 Å². The largest absolute Gasteiger partial charge is 0.381 e. The second-order valence-corrected chi connectivity index (χ2v) is 7.46. The Morgan fingerprint density at radius 2 is 1.94 bits per heavy atom. The van der Waals surface area contributed by atoms with Crippen LogP contribution in [-0.2, 0) is 14.6 Å². The smallest absolute Gasteiger partial charge is 0.153 e. The zero-order valence-electron chi connectivity index (χ0n) is 10.3. The van der Waals surface area contributed by atoms with E-state index in [-0.39, 0.29) is 23.6 Å². The van der Waals surface area contributed by atoms with Gasteiger partial charge in [0.05, 0.1) is 11.5 Å². The average Bonchev–Trinajstić information content (AvgIpc) is 2.54. The Balaban J connectivity index is 1.89. The standard InChI is InChI=1S/C11H22N2O3S/c1-13(6-9-2-4-16-5-3-9)11-8-17(14,15)7-10(11)12/h9-11H,2-8,12H2,1H3. The van der Waals surface area contributed by atoms with Crippen molar-refractivity contribution in [2.45, 2.75) is 24.9 Å². The predicted molar refractivity (Wildman–Crippen MR) is 66.6 cm³/mol. The first kappa shape index (κ1) is 13.3. The molecular weight excluding hydrogens is 240 g/mol. The van der Waals surface area contributed by atoms with E-state index in [2.05, 4.69) is 4.90 Å². The lowest BCUT2D eigenvalue weighted by molar-refractivity contribution is 0.0509. The molecule has 0 spiro atoms. The monoisotopic (exact) mass is 262 g/mol. The molecule has 0 aromatic rings. The molecule has 0 bridgehead atoms. The molecule has 2 heterocycles. The van der Waals surface area contributed by atoms with E-state index in [4.69, 9.17) is 10.5 Å². The minimum Gasteiger partial charge on any atom is -0.381 e. The molecular formula is C11H22N2O3S. The van der Waals surface area contributed by atoms with E-state index < -0.39 is 9.84 Å². The van der Waals surface area contributed by atoms with Crippen molar-refractivity contribution < 1.29 is 13.2 Å². The van der Waals surface area contributed by atoms with Crippen LogP contribution in [0.5, 0.6) is 0 Å². The fraction of sp³-hybridized carbons (Fsp3) is 1.00. The zero-order chi connectivity index (χ0) is 12.5. The minimum absolute atomic E-state index is 0.0113. The lowest BCUT2D eigenvalue weighted by Crippen LogP contribution is -2.47. The Kier molecular flexibility index (Phi) is 4.07. The molecule has 0 saturated carbocycles. The number of likely N-dealkylation sites (N-methyl/N-ethyl adjacent to an activating group) is 1. The average molecular weight is 262 g/mol. The molecule has 0 aromatic carbocycles. The Bertz CT molecular complexity index is 352. The number of ether oxygens (including phenoxy) is 1. The summed E-state index contributed by atoms with van der Waals surface area (Å²) in [4.78, 5) is 2.13. The van der Waals surface area contributed by atoms with Crippen LogP contribution in [0.2, 0.25) is 0 Å². The molecule has 2 aliphatic rings. The number of nitrogens with zero attached hydrogens (tertiary/aromatic N) is 1. The van der Waals surface area contributed by atoms with Gasteiger partial charge in [-0.3, -0.25) is 0 Å². The van der Waals surface area contributed by atoms with Gasteiger partial charge in [0, 0.05) is 31.8 Å². The maximum Gasteiger partial charge on any atom is 0.153 e. The van der Waals surface area contributed by atoms with Gasteiger partial charge >= 0.3 is 0 Å². The molecule has 0 radical (unpaired) electrons. The Hall–Kier alpha value is -0.170. The van der Waals surface area contributed by atoms with Crippen molar-refractivity contribution in [2.75, 3.05) is 38.3 Å². The molecule has 2 rings (SSSR count). The van der Waals surface area contributed by atoms with E-state index in [1.54, 1.807) is 0 Å². The van der Waals surface area contributed by atoms with Crippen molar-refractivity contribution in [2.24, 2.45) is 11.7 Å². The topological polar surface area (TPSA) is 72.6 Å². The lowest BCUT2D eigenvalue weighted by Gasteiger charge is -2.32. The summed E-state index contributed by atoms with van der Waals surface area (Å²) in [6.45, 7) is 2.58. The van der Waals surface area contributed by atoms with Gasteiger partial charge in [-0.1, -0.05) is 0 Å². The van der Waals surface area contributed by atoms with E-state index in [0.717, 1.165) is 32.6 Å². The van der Waals surface area contributed by atoms with Crippen LogP contribution in [-0.4, -0.2) is 63.7 Å². The van der Waals surface area contributed by atoms with E-state index in [1.165, 1.54) is 0 Å². The van der Waals surface area contributed by atoms with Gasteiger partial charge in [0.15, 0.2) is 9.84 Å². The molecule has 0 aliphatic carbocycles. The number of nitrogens with two attached hydrogens (primary N) is 1. The second-order valence-electron chi connectivity index (χ2n) is 5.30. The molecule has 100 valence electrons. The van der Waals surface area contributed by atoms with Crippen molar-refractivity contribution in [3.8, 4) is 0 Å². The van der Waals surface area contributed by atoms with Crippen molar-refractivity contribution in [1.29, 1.82) is 0 Å². The highest BCUT2D eigenvalue weighted by molar-refractivity contribution is 7.91. The highest BCUT2D eigenvalue weighted by atomic mass is 32.2. The Labute approximate surface area is 103 Å². The molecule has 0 amide bonds. The molecule has 2 saturated heterocycles. The third-order valence-corrected chi connectivity index (χ3v) is 5.56. The molecule has 2 N–H and O–H groups in total. The maximum absolute atomic E-state index is 11.5. The van der Waals surface area contributed by atoms with Crippen LogP contribution in [0.15, 0.2) is 0 Å². The van der Waals surface area contributed by atoms with Gasteiger partial charge in [-0.15, -0.1) is 0 Å². The van der Waals surface area contributed by atoms with Crippen LogP contribution in [0.25, 0.3) is 0 Å². The molecule has 17 heavy (non-hydrogen) atoms. The molecule has 2 aliphatic heterocycles. The van der Waals surface area contributed by atoms with Crippen molar-refractivity contribution in [1.82, 2.24) is 4.90 Å². The molecule has 2 unspecified atom stereocenters. The third kappa shape index (κ3) is 3.40. The minimum atomic E-state index is -2.92. The number of hydrogen-bond donors (Lipinski definition) is 1. The lowest BCUT2D eigenvalue weighted by atomic mass is 9.98. The summed E-state index contributed by atoms with van der Waals surface area (Å²) in [7, 11) is -0.935. The summed E-state index contributed by atoms with van der Waals surface area (Å²) < 4.78 is 28.4. The quantitative estimate of drug-likeness (QED) is 0.740. The fourth-order valence-corrected chi connectivity index (χ4v) is 4.75. The van der Waals surface area contributed by atoms with Gasteiger partial charge in [-0.2, -0.15) is 0 Å². The van der Waals surface area contributed by atoms with Crippen LogP contribution in [0.3, 0.4) is 0 Å². The van der Waals surface area contributed by atoms with E-state index in [0.29, 0.717) is 5.92 Å². The molecule has 0 aromatic heterocycles. The van der Waals surface area contributed by atoms with Crippen LogP contribution >= 0.6 is 0 Å². The summed E-state index contributed by atoms with van der Waals surface area (Å²) in [6, 6.07) is -0.243. The second kappa shape index (κ2) is 5.22. The predicted octanol–water partition coefficient (Wildman–Crippen LogP) is -0.531. The zero-order valence-corrected chi connectivity index (χ0v) is 11.2. The van der Waals surface area contributed by atoms with Crippen molar-refractivity contribution in [3.63, 3.8) is 0 Å². The fourth-order valence-electron chi connectivity index (χ4n) is 2.78. The van der Waals surface area contributed by atoms with Crippen LogP contribution < -0.4 is 5.73 Å². The molecule has 2 fully saturated rings. The third-order valence-electron chi connectivity index (χ3n) is 3.82. The SMILES string of the molecule is CN(CC1CCOCC1)C1CS(=O)(=O)CC1N. The van der Waals surface area contributed by atoms with Crippen molar-refractivity contribution >= 4 is 9.84 Å². The van der Waals surface area contributed by atoms with Gasteiger partial charge in [0.25, 0.3) is 0 Å². The maximum atomic E-state index is 11.5. The summed E-state index contributed by atoms with van der Waals surface area (Å²) >= 11 is 0. The van der Waals surface area contributed by atoms with E-state index in [9.17, 15) is 8.42 Å². The van der Waals surface area contributed by atoms with Gasteiger partial charge in [0.1, 0.15) is 0 Å². The van der Waals surface area contributed by atoms with Gasteiger partial charge in [-0.05, 0) is 25.8 Å². The summed E-state index contributed by atoms with van der Waals surface area (Å²) in [6.07, 6.45) is 2.14. The number of sulfone groups is 1.